The lowest BCUT2D eigenvalue weighted by Gasteiger charge is -2.29. The number of furan rings is 1. The maximum absolute atomic E-state index is 6.67. The number of rotatable bonds is 6. The Labute approximate surface area is 279 Å². The fourth-order valence-corrected chi connectivity index (χ4v) is 6.95. The molecule has 0 atom stereocenters. The van der Waals surface area contributed by atoms with Crippen LogP contribution in [0.2, 0.25) is 0 Å². The number of anilines is 3. The number of hydrogen-bond acceptors (Lipinski definition) is 2. The van der Waals surface area contributed by atoms with Crippen LogP contribution in [0.25, 0.3) is 66.1 Å². The second-order valence-electron chi connectivity index (χ2n) is 12.1. The van der Waals surface area contributed by atoms with Crippen LogP contribution in [-0.2, 0) is 0 Å². The quantitative estimate of drug-likeness (QED) is 0.185. The largest absolute Gasteiger partial charge is 0.455 e. The summed E-state index contributed by atoms with van der Waals surface area (Å²) in [6.45, 7) is 0. The molecule has 0 unspecified atom stereocenters. The van der Waals surface area contributed by atoms with E-state index in [1.54, 1.807) is 0 Å². The average Bonchev–Trinajstić information content (AvgIpc) is 3.57. The number of fused-ring (bicyclic) bond motifs is 5. The van der Waals surface area contributed by atoms with Crippen molar-refractivity contribution in [3.63, 3.8) is 0 Å². The van der Waals surface area contributed by atoms with Gasteiger partial charge >= 0.3 is 0 Å². The minimum Gasteiger partial charge on any atom is -0.455 e. The highest BCUT2D eigenvalue weighted by molar-refractivity contribution is 6.19. The van der Waals surface area contributed by atoms with E-state index in [1.165, 1.54) is 27.6 Å². The molecule has 2 nitrogen and oxygen atoms in total. The molecule has 9 rings (SSSR count). The molecule has 0 aliphatic carbocycles. The third-order valence-corrected chi connectivity index (χ3v) is 9.27. The molecule has 0 saturated heterocycles. The van der Waals surface area contributed by atoms with E-state index in [4.69, 9.17) is 4.42 Å². The van der Waals surface area contributed by atoms with Crippen LogP contribution in [0.1, 0.15) is 0 Å². The molecule has 0 saturated carbocycles. The van der Waals surface area contributed by atoms with Crippen molar-refractivity contribution in [1.82, 2.24) is 0 Å². The molecule has 0 amide bonds. The zero-order valence-electron chi connectivity index (χ0n) is 26.3. The Bertz CT molecular complexity index is 2530. The van der Waals surface area contributed by atoms with E-state index in [0.29, 0.717) is 0 Å². The van der Waals surface area contributed by atoms with Gasteiger partial charge < -0.3 is 9.32 Å². The Balaban J connectivity index is 1.32. The predicted molar refractivity (Wildman–Crippen MR) is 202 cm³/mol. The smallest absolute Gasteiger partial charge is 0.143 e. The molecule has 226 valence electrons. The molecule has 0 bridgehead atoms. The fraction of sp³-hybridized carbons (Fsp3) is 0. The Kier molecular flexibility index (Phi) is 6.84. The number of hydrogen-bond donors (Lipinski definition) is 0. The molecule has 0 aliphatic rings. The molecule has 0 spiro atoms. The Morgan fingerprint density at radius 2 is 0.979 bits per heavy atom. The van der Waals surface area contributed by atoms with Crippen LogP contribution in [0.3, 0.4) is 0 Å². The maximum atomic E-state index is 6.67. The van der Waals surface area contributed by atoms with E-state index in [-0.39, 0.29) is 0 Å². The molecular formula is C46H31NO. The average molecular weight is 614 g/mol. The van der Waals surface area contributed by atoms with Crippen molar-refractivity contribution in [2.75, 3.05) is 4.90 Å². The van der Waals surface area contributed by atoms with Crippen LogP contribution in [0.5, 0.6) is 0 Å². The third-order valence-electron chi connectivity index (χ3n) is 9.27. The van der Waals surface area contributed by atoms with Crippen molar-refractivity contribution < 1.29 is 4.42 Å². The topological polar surface area (TPSA) is 16.4 Å². The van der Waals surface area contributed by atoms with E-state index in [1.807, 2.05) is 0 Å². The highest BCUT2D eigenvalue weighted by atomic mass is 16.3. The van der Waals surface area contributed by atoms with E-state index in [9.17, 15) is 0 Å². The van der Waals surface area contributed by atoms with Crippen molar-refractivity contribution >= 4 is 49.8 Å². The first-order chi connectivity index (χ1) is 23.8. The van der Waals surface area contributed by atoms with Crippen molar-refractivity contribution in [3.05, 3.63) is 188 Å². The molecular weight excluding hydrogens is 583 g/mol. The molecule has 8 aromatic carbocycles. The van der Waals surface area contributed by atoms with Gasteiger partial charge in [0, 0.05) is 22.0 Å². The summed E-state index contributed by atoms with van der Waals surface area (Å²) < 4.78 is 6.67. The fourth-order valence-electron chi connectivity index (χ4n) is 6.95. The van der Waals surface area contributed by atoms with Crippen LogP contribution in [0.4, 0.5) is 17.1 Å². The van der Waals surface area contributed by atoms with Crippen molar-refractivity contribution in [1.29, 1.82) is 0 Å². The van der Waals surface area contributed by atoms with Gasteiger partial charge in [-0.1, -0.05) is 146 Å². The van der Waals surface area contributed by atoms with Crippen molar-refractivity contribution in [3.8, 4) is 33.4 Å². The minimum atomic E-state index is 0.868. The highest BCUT2D eigenvalue weighted by Gasteiger charge is 2.23. The molecule has 1 heterocycles. The lowest BCUT2D eigenvalue weighted by molar-refractivity contribution is 0.672. The minimum absolute atomic E-state index is 0.868. The summed E-state index contributed by atoms with van der Waals surface area (Å²) in [6.07, 6.45) is 0. The Morgan fingerprint density at radius 1 is 0.375 bits per heavy atom. The standard InChI is InChI=1S/C46H31NO/c1-4-13-32(14-5-1)34-23-27-38(28-24-34)47(42-30-26-37(33-15-6-2-7-16-33)31-41(42)35-17-8-3-9-18-35)43-21-12-22-44-45(43)40-29-25-36-19-10-11-20-39(36)46(40)48-44/h1-31H. The van der Waals surface area contributed by atoms with Gasteiger partial charge in [0.1, 0.15) is 11.2 Å². The molecule has 2 heteroatoms. The summed E-state index contributed by atoms with van der Waals surface area (Å²) in [5.74, 6) is 0. The second-order valence-corrected chi connectivity index (χ2v) is 12.1. The van der Waals surface area contributed by atoms with Gasteiger partial charge in [0.05, 0.1) is 16.8 Å². The lowest BCUT2D eigenvalue weighted by Crippen LogP contribution is -2.11. The van der Waals surface area contributed by atoms with Crippen molar-refractivity contribution in [2.45, 2.75) is 0 Å². The maximum Gasteiger partial charge on any atom is 0.143 e. The summed E-state index contributed by atoms with van der Waals surface area (Å²) >= 11 is 0. The summed E-state index contributed by atoms with van der Waals surface area (Å²) in [4.78, 5) is 2.40. The van der Waals surface area contributed by atoms with E-state index < -0.39 is 0 Å². The van der Waals surface area contributed by atoms with Gasteiger partial charge in [-0.05, 0) is 75.7 Å². The Morgan fingerprint density at radius 3 is 1.71 bits per heavy atom. The summed E-state index contributed by atoms with van der Waals surface area (Å²) in [7, 11) is 0. The Hall–Kier alpha value is -6.38. The number of benzene rings is 8. The van der Waals surface area contributed by atoms with Gasteiger partial charge in [-0.2, -0.15) is 0 Å². The van der Waals surface area contributed by atoms with Crippen LogP contribution < -0.4 is 4.90 Å². The predicted octanol–water partition coefficient (Wildman–Crippen LogP) is 13.2. The van der Waals surface area contributed by atoms with Crippen LogP contribution >= 0.6 is 0 Å². The van der Waals surface area contributed by atoms with Crippen LogP contribution in [0, 0.1) is 0 Å². The zero-order valence-corrected chi connectivity index (χ0v) is 26.3. The molecule has 48 heavy (non-hydrogen) atoms. The van der Waals surface area contributed by atoms with Crippen LogP contribution in [-0.4, -0.2) is 0 Å². The highest BCUT2D eigenvalue weighted by Crippen LogP contribution is 2.47. The van der Waals surface area contributed by atoms with Gasteiger partial charge in [0.25, 0.3) is 0 Å². The SMILES string of the molecule is c1ccc(-c2ccc(N(c3ccc(-c4ccccc4)cc3-c3ccccc3)c3cccc4oc5c6ccccc6ccc5c34)cc2)cc1. The molecule has 0 fully saturated rings. The zero-order chi connectivity index (χ0) is 31.9. The monoisotopic (exact) mass is 613 g/mol. The van der Waals surface area contributed by atoms with Gasteiger partial charge in [-0.15, -0.1) is 0 Å². The van der Waals surface area contributed by atoms with Gasteiger partial charge in [0.2, 0.25) is 0 Å². The van der Waals surface area contributed by atoms with E-state index >= 15 is 0 Å². The molecule has 0 radical (unpaired) electrons. The summed E-state index contributed by atoms with van der Waals surface area (Å²) in [5, 5.41) is 4.49. The van der Waals surface area contributed by atoms with Gasteiger partial charge in [0.15, 0.2) is 0 Å². The first-order valence-electron chi connectivity index (χ1n) is 16.4. The molecule has 9 aromatic rings. The van der Waals surface area contributed by atoms with Crippen LogP contribution in [0.15, 0.2) is 192 Å². The summed E-state index contributed by atoms with van der Waals surface area (Å²) in [6, 6.07) is 66.9. The number of nitrogens with zero attached hydrogens (tertiary/aromatic N) is 1. The third kappa shape index (κ3) is 4.83. The normalized spacial score (nSPS) is 11.3. The van der Waals surface area contributed by atoms with Gasteiger partial charge in [-0.25, -0.2) is 0 Å². The molecule has 0 N–H and O–H groups in total. The van der Waals surface area contributed by atoms with Gasteiger partial charge in [-0.3, -0.25) is 0 Å². The van der Waals surface area contributed by atoms with E-state index in [0.717, 1.165) is 55.5 Å². The first kappa shape index (κ1) is 27.9. The van der Waals surface area contributed by atoms with Crippen molar-refractivity contribution in [2.24, 2.45) is 0 Å². The first-order valence-corrected chi connectivity index (χ1v) is 16.4. The molecule has 0 aliphatic heterocycles. The lowest BCUT2D eigenvalue weighted by atomic mass is 9.95. The summed E-state index contributed by atoms with van der Waals surface area (Å²) in [5.41, 5.74) is 12.1. The van der Waals surface area contributed by atoms with E-state index in [2.05, 4.69) is 193 Å². The molecule has 1 aromatic heterocycles. The second kappa shape index (κ2) is 11.8.